The number of carboxylic acids is 1. The zero-order chi connectivity index (χ0) is 14.9. The minimum absolute atomic E-state index is 0.291. The molecular formula is C16H20N2O2. The van der Waals surface area contributed by atoms with Crippen LogP contribution in [-0.2, 0) is 6.42 Å². The van der Waals surface area contributed by atoms with Gasteiger partial charge in [-0.2, -0.15) is 5.10 Å². The monoisotopic (exact) mass is 272 g/mol. The van der Waals surface area contributed by atoms with Gasteiger partial charge in [-0.15, -0.1) is 0 Å². The van der Waals surface area contributed by atoms with Gasteiger partial charge in [0.05, 0.1) is 17.6 Å². The number of aromatic carboxylic acids is 1. The average molecular weight is 272 g/mol. The first-order valence-corrected chi connectivity index (χ1v) is 6.78. The molecule has 0 saturated heterocycles. The first-order valence-electron chi connectivity index (χ1n) is 6.78. The number of carbonyl (C=O) groups is 1. The maximum Gasteiger partial charge on any atom is 0.339 e. The van der Waals surface area contributed by atoms with Gasteiger partial charge in [0.25, 0.3) is 0 Å². The third kappa shape index (κ3) is 2.74. The first-order chi connectivity index (χ1) is 9.40. The van der Waals surface area contributed by atoms with Crippen molar-refractivity contribution in [2.75, 3.05) is 0 Å². The average Bonchev–Trinajstić information content (AvgIpc) is 2.75. The number of hydrogen-bond donors (Lipinski definition) is 1. The van der Waals surface area contributed by atoms with E-state index in [1.165, 1.54) is 6.20 Å². The third-order valence-electron chi connectivity index (χ3n) is 3.29. The Kier molecular flexibility index (Phi) is 3.93. The molecule has 106 valence electrons. The molecule has 1 heterocycles. The lowest BCUT2D eigenvalue weighted by atomic mass is 10.0. The van der Waals surface area contributed by atoms with Crippen LogP contribution in [0.1, 0.15) is 41.0 Å². The number of carboxylic acid groups (broad SMARTS) is 1. The molecule has 0 amide bonds. The normalized spacial score (nSPS) is 11.1. The van der Waals surface area contributed by atoms with Crippen molar-refractivity contribution in [3.63, 3.8) is 0 Å². The van der Waals surface area contributed by atoms with Gasteiger partial charge < -0.3 is 5.11 Å². The standard InChI is InChI=1S/C16H20N2O2/c1-10(2)7-15-13(16(19)20)9-17-18(15)14-8-11(3)5-6-12(14)4/h5-6,8-10H,7H2,1-4H3,(H,19,20). The van der Waals surface area contributed by atoms with Crippen LogP contribution in [0.2, 0.25) is 0 Å². The summed E-state index contributed by atoms with van der Waals surface area (Å²) < 4.78 is 1.77. The topological polar surface area (TPSA) is 55.1 Å². The van der Waals surface area contributed by atoms with Gasteiger partial charge in [-0.05, 0) is 43.4 Å². The summed E-state index contributed by atoms with van der Waals surface area (Å²) in [7, 11) is 0. The summed E-state index contributed by atoms with van der Waals surface area (Å²) in [5, 5.41) is 13.6. The van der Waals surface area contributed by atoms with Crippen LogP contribution in [0.25, 0.3) is 5.69 Å². The van der Waals surface area contributed by atoms with Crippen LogP contribution in [0.15, 0.2) is 24.4 Å². The molecule has 0 spiro atoms. The second-order valence-electron chi connectivity index (χ2n) is 5.61. The summed E-state index contributed by atoms with van der Waals surface area (Å²) in [4.78, 5) is 11.3. The molecule has 1 aromatic carbocycles. The summed E-state index contributed by atoms with van der Waals surface area (Å²) in [6, 6.07) is 6.12. The van der Waals surface area contributed by atoms with Gasteiger partial charge in [0.15, 0.2) is 0 Å². The van der Waals surface area contributed by atoms with Crippen molar-refractivity contribution in [3.8, 4) is 5.69 Å². The molecule has 0 aliphatic carbocycles. The van der Waals surface area contributed by atoms with E-state index in [9.17, 15) is 9.90 Å². The van der Waals surface area contributed by atoms with Gasteiger partial charge in [-0.25, -0.2) is 9.48 Å². The highest BCUT2D eigenvalue weighted by Gasteiger charge is 2.19. The van der Waals surface area contributed by atoms with E-state index in [-0.39, 0.29) is 0 Å². The molecule has 0 atom stereocenters. The minimum atomic E-state index is -0.919. The van der Waals surface area contributed by atoms with Gasteiger partial charge in [0.2, 0.25) is 0 Å². The van der Waals surface area contributed by atoms with Crippen LogP contribution in [0.5, 0.6) is 0 Å². The molecule has 20 heavy (non-hydrogen) atoms. The molecule has 4 nitrogen and oxygen atoms in total. The SMILES string of the molecule is Cc1ccc(C)c(-n2ncc(C(=O)O)c2CC(C)C)c1. The first kappa shape index (κ1) is 14.3. The lowest BCUT2D eigenvalue weighted by molar-refractivity contribution is 0.0695. The fraction of sp³-hybridized carbons (Fsp3) is 0.375. The van der Waals surface area contributed by atoms with Gasteiger partial charge in [-0.1, -0.05) is 26.0 Å². The van der Waals surface area contributed by atoms with Crippen molar-refractivity contribution in [1.29, 1.82) is 0 Å². The van der Waals surface area contributed by atoms with E-state index in [1.807, 2.05) is 32.0 Å². The Morgan fingerprint density at radius 3 is 2.65 bits per heavy atom. The minimum Gasteiger partial charge on any atom is -0.478 e. The molecule has 1 N–H and O–H groups in total. The second-order valence-corrected chi connectivity index (χ2v) is 5.61. The van der Waals surface area contributed by atoms with Crippen LogP contribution in [0.3, 0.4) is 0 Å². The van der Waals surface area contributed by atoms with Crippen molar-refractivity contribution in [3.05, 3.63) is 46.8 Å². The van der Waals surface area contributed by atoms with E-state index in [1.54, 1.807) is 4.68 Å². The quantitative estimate of drug-likeness (QED) is 0.928. The van der Waals surface area contributed by atoms with Gasteiger partial charge >= 0.3 is 5.97 Å². The summed E-state index contributed by atoms with van der Waals surface area (Å²) in [5.41, 5.74) is 4.23. The molecule has 0 bridgehead atoms. The zero-order valence-corrected chi connectivity index (χ0v) is 12.3. The Labute approximate surface area is 119 Å². The highest BCUT2D eigenvalue weighted by molar-refractivity contribution is 5.88. The van der Waals surface area contributed by atoms with E-state index in [0.29, 0.717) is 17.9 Å². The highest BCUT2D eigenvalue weighted by atomic mass is 16.4. The van der Waals surface area contributed by atoms with Crippen LogP contribution < -0.4 is 0 Å². The van der Waals surface area contributed by atoms with Crippen LogP contribution in [0, 0.1) is 19.8 Å². The summed E-state index contributed by atoms with van der Waals surface area (Å²) >= 11 is 0. The van der Waals surface area contributed by atoms with Gasteiger partial charge in [0.1, 0.15) is 5.56 Å². The van der Waals surface area contributed by atoms with Crippen molar-refractivity contribution in [2.24, 2.45) is 5.92 Å². The lowest BCUT2D eigenvalue weighted by Gasteiger charge is -2.13. The Morgan fingerprint density at radius 1 is 1.35 bits per heavy atom. The number of benzene rings is 1. The molecule has 0 aliphatic heterocycles. The number of aryl methyl sites for hydroxylation is 2. The molecule has 1 aromatic heterocycles. The smallest absolute Gasteiger partial charge is 0.339 e. The van der Waals surface area contributed by atoms with Crippen molar-refractivity contribution in [2.45, 2.75) is 34.1 Å². The van der Waals surface area contributed by atoms with E-state index in [4.69, 9.17) is 0 Å². The summed E-state index contributed by atoms with van der Waals surface area (Å²) in [6.07, 6.45) is 2.14. The fourth-order valence-corrected chi connectivity index (χ4v) is 2.29. The molecule has 0 unspecified atom stereocenters. The number of nitrogens with zero attached hydrogens (tertiary/aromatic N) is 2. The van der Waals surface area contributed by atoms with E-state index in [2.05, 4.69) is 18.9 Å². The molecule has 2 rings (SSSR count). The Hall–Kier alpha value is -2.10. The molecule has 0 aliphatic rings. The predicted molar refractivity (Wildman–Crippen MR) is 78.5 cm³/mol. The van der Waals surface area contributed by atoms with Gasteiger partial charge in [-0.3, -0.25) is 0 Å². The second kappa shape index (κ2) is 5.49. The Bertz CT molecular complexity index is 642. The van der Waals surface area contributed by atoms with Crippen LogP contribution in [-0.4, -0.2) is 20.9 Å². The maximum absolute atomic E-state index is 11.3. The molecular weight excluding hydrogens is 252 g/mol. The number of rotatable bonds is 4. The molecule has 0 fully saturated rings. The van der Waals surface area contributed by atoms with Crippen LogP contribution in [0.4, 0.5) is 0 Å². The summed E-state index contributed by atoms with van der Waals surface area (Å²) in [5.74, 6) is -0.550. The van der Waals surface area contributed by atoms with Crippen molar-refractivity contribution < 1.29 is 9.90 Å². The molecule has 0 radical (unpaired) electrons. The Morgan fingerprint density at radius 2 is 2.05 bits per heavy atom. The number of aromatic nitrogens is 2. The Balaban J connectivity index is 2.61. The maximum atomic E-state index is 11.3. The fourth-order valence-electron chi connectivity index (χ4n) is 2.29. The number of hydrogen-bond acceptors (Lipinski definition) is 2. The predicted octanol–water partition coefficient (Wildman–Crippen LogP) is 3.39. The van der Waals surface area contributed by atoms with Crippen LogP contribution >= 0.6 is 0 Å². The zero-order valence-electron chi connectivity index (χ0n) is 12.3. The third-order valence-corrected chi connectivity index (χ3v) is 3.29. The lowest BCUT2D eigenvalue weighted by Crippen LogP contribution is -2.10. The summed E-state index contributed by atoms with van der Waals surface area (Å²) in [6.45, 7) is 8.18. The van der Waals surface area contributed by atoms with E-state index < -0.39 is 5.97 Å². The van der Waals surface area contributed by atoms with Crippen molar-refractivity contribution in [1.82, 2.24) is 9.78 Å². The molecule has 4 heteroatoms. The van der Waals surface area contributed by atoms with Crippen molar-refractivity contribution >= 4 is 5.97 Å². The molecule has 0 saturated carbocycles. The van der Waals surface area contributed by atoms with E-state index >= 15 is 0 Å². The highest BCUT2D eigenvalue weighted by Crippen LogP contribution is 2.22. The van der Waals surface area contributed by atoms with Gasteiger partial charge in [0, 0.05) is 0 Å². The van der Waals surface area contributed by atoms with E-state index in [0.717, 1.165) is 22.5 Å². The molecule has 2 aromatic rings. The largest absolute Gasteiger partial charge is 0.478 e.